The van der Waals surface area contributed by atoms with Crippen molar-refractivity contribution >= 4 is 33.7 Å². The minimum Gasteiger partial charge on any atom is -0.378 e. The van der Waals surface area contributed by atoms with Crippen molar-refractivity contribution in [3.63, 3.8) is 0 Å². The van der Waals surface area contributed by atoms with E-state index in [9.17, 15) is 0 Å². The van der Waals surface area contributed by atoms with Crippen LogP contribution in [0.1, 0.15) is 5.56 Å². The summed E-state index contributed by atoms with van der Waals surface area (Å²) in [6.45, 7) is 3.85. The fourth-order valence-electron chi connectivity index (χ4n) is 3.34. The first-order valence-corrected chi connectivity index (χ1v) is 9.11. The Balaban J connectivity index is 1.36. The molecule has 1 saturated heterocycles. The van der Waals surface area contributed by atoms with Crippen LogP contribution in [0.4, 0.5) is 11.6 Å². The standard InChI is InChI=1S/C20H20N6O/c1-2-15-5-6-21-17(15)11-14(1)12-23-18-13-22-16-3-4-19(25-20(16)24-18)26-7-9-27-10-8-26/h1-6,11,13,21H,7-10,12H2,(H,23,24,25). The summed E-state index contributed by atoms with van der Waals surface area (Å²) in [4.78, 5) is 19.3. The Bertz CT molecular complexity index is 1090. The lowest BCUT2D eigenvalue weighted by molar-refractivity contribution is 0.122. The Morgan fingerprint density at radius 1 is 1.07 bits per heavy atom. The highest BCUT2D eigenvalue weighted by Gasteiger charge is 2.13. The minimum absolute atomic E-state index is 0.656. The average Bonchev–Trinajstić information content (AvgIpc) is 3.20. The van der Waals surface area contributed by atoms with Gasteiger partial charge >= 0.3 is 0 Å². The van der Waals surface area contributed by atoms with Crippen molar-refractivity contribution in [3.05, 3.63) is 54.4 Å². The Kier molecular flexibility index (Phi) is 4.06. The van der Waals surface area contributed by atoms with Crippen molar-refractivity contribution < 1.29 is 4.74 Å². The molecule has 5 rings (SSSR count). The first-order chi connectivity index (χ1) is 13.3. The van der Waals surface area contributed by atoms with Crippen LogP contribution in [-0.2, 0) is 11.3 Å². The minimum atomic E-state index is 0.656. The van der Waals surface area contributed by atoms with Crippen molar-refractivity contribution in [2.24, 2.45) is 0 Å². The van der Waals surface area contributed by atoms with Gasteiger partial charge in [-0.3, -0.25) is 0 Å². The molecule has 0 amide bonds. The van der Waals surface area contributed by atoms with Crippen LogP contribution in [0.25, 0.3) is 22.1 Å². The quantitative estimate of drug-likeness (QED) is 0.583. The molecule has 136 valence electrons. The highest BCUT2D eigenvalue weighted by Crippen LogP contribution is 2.19. The van der Waals surface area contributed by atoms with E-state index < -0.39 is 0 Å². The van der Waals surface area contributed by atoms with Gasteiger partial charge in [0.2, 0.25) is 0 Å². The molecule has 0 bridgehead atoms. The molecular weight excluding hydrogens is 340 g/mol. The first-order valence-electron chi connectivity index (χ1n) is 9.11. The van der Waals surface area contributed by atoms with Gasteiger partial charge in [-0.25, -0.2) is 15.0 Å². The summed E-state index contributed by atoms with van der Waals surface area (Å²) in [5.41, 5.74) is 3.77. The molecule has 3 aromatic heterocycles. The maximum atomic E-state index is 5.41. The highest BCUT2D eigenvalue weighted by atomic mass is 16.5. The second-order valence-electron chi connectivity index (χ2n) is 6.62. The molecule has 2 N–H and O–H groups in total. The van der Waals surface area contributed by atoms with Gasteiger partial charge in [-0.15, -0.1) is 0 Å². The number of anilines is 2. The number of benzene rings is 1. The summed E-state index contributed by atoms with van der Waals surface area (Å²) >= 11 is 0. The van der Waals surface area contributed by atoms with Crippen LogP contribution in [0.15, 0.2) is 48.8 Å². The lowest BCUT2D eigenvalue weighted by Gasteiger charge is -2.27. The molecule has 0 spiro atoms. The monoisotopic (exact) mass is 360 g/mol. The normalized spacial score (nSPS) is 14.7. The molecule has 1 aromatic carbocycles. The number of H-pyrrole nitrogens is 1. The van der Waals surface area contributed by atoms with Gasteiger partial charge in [-0.2, -0.15) is 0 Å². The van der Waals surface area contributed by atoms with Gasteiger partial charge < -0.3 is 19.9 Å². The molecule has 7 heteroatoms. The third kappa shape index (κ3) is 3.29. The van der Waals surface area contributed by atoms with Gasteiger partial charge in [0, 0.05) is 31.3 Å². The van der Waals surface area contributed by atoms with E-state index in [2.05, 4.69) is 49.4 Å². The van der Waals surface area contributed by atoms with Crippen molar-refractivity contribution in [1.29, 1.82) is 0 Å². The van der Waals surface area contributed by atoms with Gasteiger partial charge in [0.05, 0.1) is 19.4 Å². The van der Waals surface area contributed by atoms with Crippen molar-refractivity contribution in [2.45, 2.75) is 6.54 Å². The van der Waals surface area contributed by atoms with Crippen LogP contribution < -0.4 is 10.2 Å². The zero-order valence-corrected chi connectivity index (χ0v) is 14.9. The molecule has 0 radical (unpaired) electrons. The van der Waals surface area contributed by atoms with Crippen molar-refractivity contribution in [1.82, 2.24) is 19.9 Å². The van der Waals surface area contributed by atoms with Crippen LogP contribution >= 0.6 is 0 Å². The van der Waals surface area contributed by atoms with E-state index >= 15 is 0 Å². The van der Waals surface area contributed by atoms with E-state index in [1.165, 1.54) is 10.9 Å². The zero-order valence-electron chi connectivity index (χ0n) is 14.9. The molecular formula is C20H20N6O. The molecule has 0 unspecified atom stereocenters. The molecule has 1 aliphatic rings. The van der Waals surface area contributed by atoms with E-state index in [-0.39, 0.29) is 0 Å². The molecule has 0 atom stereocenters. The number of hydrogen-bond donors (Lipinski definition) is 2. The highest BCUT2D eigenvalue weighted by molar-refractivity contribution is 5.80. The number of morpholine rings is 1. The van der Waals surface area contributed by atoms with Crippen molar-refractivity contribution in [3.8, 4) is 0 Å². The Labute approximate surface area is 156 Å². The number of rotatable bonds is 4. The molecule has 4 aromatic rings. The second-order valence-corrected chi connectivity index (χ2v) is 6.62. The Hall–Kier alpha value is -3.19. The molecule has 4 heterocycles. The molecule has 7 nitrogen and oxygen atoms in total. The summed E-state index contributed by atoms with van der Waals surface area (Å²) < 4.78 is 5.41. The van der Waals surface area contributed by atoms with Gasteiger partial charge in [0.25, 0.3) is 0 Å². The third-order valence-electron chi connectivity index (χ3n) is 4.82. The predicted molar refractivity (Wildman–Crippen MR) is 106 cm³/mol. The Morgan fingerprint density at radius 3 is 2.93 bits per heavy atom. The van der Waals surface area contributed by atoms with Crippen molar-refractivity contribution in [2.75, 3.05) is 36.5 Å². The first kappa shape index (κ1) is 16.0. The van der Waals surface area contributed by atoms with Crippen LogP contribution in [0.2, 0.25) is 0 Å². The summed E-state index contributed by atoms with van der Waals surface area (Å²) in [5.74, 6) is 1.65. The number of ether oxygens (including phenoxy) is 1. The van der Waals surface area contributed by atoms with E-state index in [0.29, 0.717) is 12.2 Å². The van der Waals surface area contributed by atoms with E-state index in [1.807, 2.05) is 18.3 Å². The van der Waals surface area contributed by atoms with Gasteiger partial charge in [-0.05, 0) is 35.2 Å². The molecule has 1 fully saturated rings. The van der Waals surface area contributed by atoms with E-state index in [0.717, 1.165) is 49.0 Å². The average molecular weight is 360 g/mol. The maximum absolute atomic E-state index is 5.41. The fraction of sp³-hybridized carbons (Fsp3) is 0.250. The number of nitrogens with one attached hydrogen (secondary N) is 2. The van der Waals surface area contributed by atoms with Gasteiger partial charge in [-0.1, -0.05) is 12.1 Å². The van der Waals surface area contributed by atoms with Crippen LogP contribution in [0, 0.1) is 0 Å². The third-order valence-corrected chi connectivity index (χ3v) is 4.82. The van der Waals surface area contributed by atoms with E-state index in [4.69, 9.17) is 9.72 Å². The smallest absolute Gasteiger partial charge is 0.182 e. The Morgan fingerprint density at radius 2 is 2.00 bits per heavy atom. The fourth-order valence-corrected chi connectivity index (χ4v) is 3.34. The number of nitrogens with zero attached hydrogens (tertiary/aromatic N) is 4. The number of fused-ring (bicyclic) bond motifs is 2. The lowest BCUT2D eigenvalue weighted by atomic mass is 10.1. The summed E-state index contributed by atoms with van der Waals surface area (Å²) in [7, 11) is 0. The number of pyridine rings is 1. The molecule has 1 aliphatic heterocycles. The van der Waals surface area contributed by atoms with Crippen LogP contribution in [0.3, 0.4) is 0 Å². The SMILES string of the molecule is c1cc2ccc(CNc3cnc4ccc(N5CCOCC5)nc4n3)cc2[nH]1. The van der Waals surface area contributed by atoms with Crippen LogP contribution in [0.5, 0.6) is 0 Å². The zero-order chi connectivity index (χ0) is 18.1. The maximum Gasteiger partial charge on any atom is 0.182 e. The molecule has 27 heavy (non-hydrogen) atoms. The largest absolute Gasteiger partial charge is 0.378 e. The van der Waals surface area contributed by atoms with Gasteiger partial charge in [0.1, 0.15) is 17.2 Å². The molecule has 0 saturated carbocycles. The van der Waals surface area contributed by atoms with Gasteiger partial charge in [0.15, 0.2) is 5.65 Å². The summed E-state index contributed by atoms with van der Waals surface area (Å²) in [6.07, 6.45) is 3.71. The summed E-state index contributed by atoms with van der Waals surface area (Å²) in [6, 6.07) is 12.4. The van der Waals surface area contributed by atoms with Crippen LogP contribution in [-0.4, -0.2) is 46.2 Å². The summed E-state index contributed by atoms with van der Waals surface area (Å²) in [5, 5.41) is 4.56. The number of aromatic amines is 1. The second kappa shape index (κ2) is 6.85. The lowest BCUT2D eigenvalue weighted by Crippen LogP contribution is -2.36. The number of aromatic nitrogens is 4. The molecule has 0 aliphatic carbocycles. The number of hydrogen-bond acceptors (Lipinski definition) is 6. The van der Waals surface area contributed by atoms with E-state index in [1.54, 1.807) is 6.20 Å². The predicted octanol–water partition coefficient (Wildman–Crippen LogP) is 2.95. The topological polar surface area (TPSA) is 79.0 Å².